The van der Waals surface area contributed by atoms with E-state index in [1.807, 2.05) is 0 Å². The Morgan fingerprint density at radius 3 is 2.52 bits per heavy atom. The van der Waals surface area contributed by atoms with Crippen LogP contribution in [0, 0.1) is 0 Å². The Kier molecular flexibility index (Phi) is 4.09. The minimum atomic E-state index is -0.449. The van der Waals surface area contributed by atoms with Crippen molar-refractivity contribution in [2.75, 3.05) is 0 Å². The van der Waals surface area contributed by atoms with E-state index >= 15 is 0 Å². The topological polar surface area (TPSA) is 69.6 Å². The van der Waals surface area contributed by atoms with E-state index in [2.05, 4.69) is 18.5 Å². The van der Waals surface area contributed by atoms with Crippen LogP contribution in [0.5, 0.6) is 11.5 Å². The number of hydrogen-bond donors (Lipinski definition) is 3. The van der Waals surface area contributed by atoms with Crippen LogP contribution >= 0.6 is 0 Å². The van der Waals surface area contributed by atoms with E-state index in [1.54, 1.807) is 18.2 Å². The average Bonchev–Trinajstić information content (AvgIpc) is 2.45. The molecule has 0 heterocycles. The summed E-state index contributed by atoms with van der Waals surface area (Å²) in [5.41, 5.74) is 0.630. The molecule has 0 aliphatic rings. The van der Waals surface area contributed by atoms with E-state index < -0.39 is 5.91 Å². The monoisotopic (exact) mass is 281 g/mol. The number of rotatable bonds is 4. The molecule has 0 saturated carbocycles. The van der Waals surface area contributed by atoms with Crippen molar-refractivity contribution >= 4 is 16.7 Å². The number of benzene rings is 2. The van der Waals surface area contributed by atoms with E-state index in [0.29, 0.717) is 11.1 Å². The van der Waals surface area contributed by atoms with Crippen molar-refractivity contribution in [1.82, 2.24) is 5.32 Å². The van der Waals surface area contributed by atoms with Gasteiger partial charge >= 0.3 is 0 Å². The first-order valence-electron chi connectivity index (χ1n) is 6.27. The highest BCUT2D eigenvalue weighted by molar-refractivity contribution is 6.02. The van der Waals surface area contributed by atoms with Gasteiger partial charge in [-0.3, -0.25) is 4.79 Å². The molecule has 0 saturated heterocycles. The molecule has 0 radical (unpaired) electrons. The van der Waals surface area contributed by atoms with Gasteiger partial charge in [-0.2, -0.15) is 0 Å². The van der Waals surface area contributed by atoms with Gasteiger partial charge in [0.15, 0.2) is 0 Å². The van der Waals surface area contributed by atoms with Gasteiger partial charge in [-0.25, -0.2) is 0 Å². The van der Waals surface area contributed by atoms with Gasteiger partial charge in [0.25, 0.3) is 5.91 Å². The molecule has 0 fully saturated rings. The van der Waals surface area contributed by atoms with Crippen molar-refractivity contribution < 1.29 is 15.0 Å². The van der Waals surface area contributed by atoms with Crippen LogP contribution < -0.4 is 5.32 Å². The summed E-state index contributed by atoms with van der Waals surface area (Å²) < 4.78 is 0. The first kappa shape index (κ1) is 14.4. The third-order valence-corrected chi connectivity index (χ3v) is 2.96. The predicted molar refractivity (Wildman–Crippen MR) is 83.2 cm³/mol. The van der Waals surface area contributed by atoms with E-state index in [9.17, 15) is 15.0 Å². The van der Waals surface area contributed by atoms with E-state index in [-0.39, 0.29) is 17.1 Å². The Bertz CT molecular complexity index is 760. The third-order valence-electron chi connectivity index (χ3n) is 2.96. The number of allylic oxidation sites excluding steroid dienone is 3. The van der Waals surface area contributed by atoms with Crippen molar-refractivity contribution in [3.8, 4) is 11.5 Å². The lowest BCUT2D eigenvalue weighted by atomic mass is 10.0. The van der Waals surface area contributed by atoms with Gasteiger partial charge in [-0.05, 0) is 47.2 Å². The first-order valence-corrected chi connectivity index (χ1v) is 6.27. The summed E-state index contributed by atoms with van der Waals surface area (Å²) in [7, 11) is 0. The van der Waals surface area contributed by atoms with Gasteiger partial charge in [-0.15, -0.1) is 0 Å². The summed E-state index contributed by atoms with van der Waals surface area (Å²) in [4.78, 5) is 12.2. The van der Waals surface area contributed by atoms with Gasteiger partial charge in [0.2, 0.25) is 0 Å². The fraction of sp³-hybridized carbons (Fsp3) is 0. The highest BCUT2D eigenvalue weighted by Crippen LogP contribution is 2.27. The Balaban J connectivity index is 2.41. The van der Waals surface area contributed by atoms with Crippen LogP contribution in [0.1, 0.15) is 10.4 Å². The van der Waals surface area contributed by atoms with Crippen LogP contribution in [-0.2, 0) is 0 Å². The van der Waals surface area contributed by atoms with Crippen LogP contribution in [-0.4, -0.2) is 16.1 Å². The lowest BCUT2D eigenvalue weighted by Crippen LogP contribution is -2.21. The molecular weight excluding hydrogens is 266 g/mol. The van der Waals surface area contributed by atoms with Crippen molar-refractivity contribution in [1.29, 1.82) is 0 Å². The zero-order chi connectivity index (χ0) is 15.4. The molecule has 1 amide bonds. The molecule has 3 N–H and O–H groups in total. The van der Waals surface area contributed by atoms with E-state index in [4.69, 9.17) is 0 Å². The molecule has 4 heteroatoms. The summed E-state index contributed by atoms with van der Waals surface area (Å²) in [6, 6.07) is 7.72. The molecule has 2 rings (SSSR count). The molecule has 0 unspecified atom stereocenters. The molecular formula is C17H15NO3. The summed E-state index contributed by atoms with van der Waals surface area (Å²) in [5.74, 6) is -0.509. The predicted octanol–water partition coefficient (Wildman–Crippen LogP) is 3.24. The maximum Gasteiger partial charge on any atom is 0.259 e. The number of phenolic OH excluding ortho intramolecular Hbond substituents is 2. The Hall–Kier alpha value is -3.01. The van der Waals surface area contributed by atoms with Gasteiger partial charge in [0.05, 0.1) is 5.56 Å². The molecule has 2 aromatic carbocycles. The minimum absolute atomic E-state index is 0.0990. The molecule has 0 aliphatic heterocycles. The zero-order valence-corrected chi connectivity index (χ0v) is 11.3. The van der Waals surface area contributed by atoms with E-state index in [0.717, 1.165) is 5.39 Å². The van der Waals surface area contributed by atoms with Crippen LogP contribution in [0.3, 0.4) is 0 Å². The minimum Gasteiger partial charge on any atom is -0.508 e. The molecule has 0 aliphatic carbocycles. The van der Waals surface area contributed by atoms with Crippen molar-refractivity contribution in [3.05, 3.63) is 73.0 Å². The van der Waals surface area contributed by atoms with Gasteiger partial charge in [0, 0.05) is 5.70 Å². The standard InChI is InChI=1S/C17H15NO3/c1-3-5-13(4-2)18-17(21)15-9-11-6-7-14(19)8-12(11)10-16(15)20/h3-10,19-20H,1-2H2,(H,18,21)/b13-5+. The highest BCUT2D eigenvalue weighted by atomic mass is 16.3. The van der Waals surface area contributed by atoms with Crippen molar-refractivity contribution in [2.45, 2.75) is 0 Å². The third kappa shape index (κ3) is 3.12. The number of amides is 1. The summed E-state index contributed by atoms with van der Waals surface area (Å²) in [6.45, 7) is 7.13. The lowest BCUT2D eigenvalue weighted by Gasteiger charge is -2.09. The number of fused-ring (bicyclic) bond motifs is 1. The smallest absolute Gasteiger partial charge is 0.259 e. The molecule has 21 heavy (non-hydrogen) atoms. The first-order chi connectivity index (χ1) is 10.0. The number of aromatic hydroxyl groups is 2. The molecule has 0 spiro atoms. The largest absolute Gasteiger partial charge is 0.508 e. The maximum atomic E-state index is 12.2. The number of hydrogen-bond acceptors (Lipinski definition) is 3. The fourth-order valence-electron chi connectivity index (χ4n) is 1.94. The Morgan fingerprint density at radius 1 is 1.10 bits per heavy atom. The lowest BCUT2D eigenvalue weighted by molar-refractivity contribution is 0.0964. The summed E-state index contributed by atoms with van der Waals surface area (Å²) in [5, 5.41) is 23.4. The number of nitrogens with one attached hydrogen (secondary N) is 1. The van der Waals surface area contributed by atoms with Gasteiger partial charge in [0.1, 0.15) is 11.5 Å². The number of carbonyl (C=O) groups is 1. The molecule has 0 aromatic heterocycles. The van der Waals surface area contributed by atoms with Crippen LogP contribution in [0.2, 0.25) is 0 Å². The number of carbonyl (C=O) groups excluding carboxylic acids is 1. The SMILES string of the molecule is C=C/C=C(\C=C)NC(=O)c1cc2ccc(O)cc2cc1O. The van der Waals surface area contributed by atoms with E-state index in [1.165, 1.54) is 30.4 Å². The second-order valence-corrected chi connectivity index (χ2v) is 4.42. The molecule has 4 nitrogen and oxygen atoms in total. The quantitative estimate of drug-likeness (QED) is 0.753. The highest BCUT2D eigenvalue weighted by Gasteiger charge is 2.13. The van der Waals surface area contributed by atoms with Crippen LogP contribution in [0.15, 0.2) is 67.4 Å². The maximum absolute atomic E-state index is 12.2. The van der Waals surface area contributed by atoms with Crippen LogP contribution in [0.25, 0.3) is 10.8 Å². The Labute approximate surface area is 122 Å². The molecule has 2 aromatic rings. The fourth-order valence-corrected chi connectivity index (χ4v) is 1.94. The average molecular weight is 281 g/mol. The van der Waals surface area contributed by atoms with Gasteiger partial charge < -0.3 is 15.5 Å². The summed E-state index contributed by atoms with van der Waals surface area (Å²) >= 11 is 0. The zero-order valence-electron chi connectivity index (χ0n) is 11.3. The molecule has 106 valence electrons. The number of phenols is 2. The second kappa shape index (κ2) is 5.96. The van der Waals surface area contributed by atoms with Gasteiger partial charge in [-0.1, -0.05) is 25.3 Å². The second-order valence-electron chi connectivity index (χ2n) is 4.42. The Morgan fingerprint density at radius 2 is 1.86 bits per heavy atom. The molecule has 0 atom stereocenters. The normalized spacial score (nSPS) is 11.1. The molecule has 0 bridgehead atoms. The van der Waals surface area contributed by atoms with Crippen LogP contribution in [0.4, 0.5) is 0 Å². The van der Waals surface area contributed by atoms with Crippen molar-refractivity contribution in [2.24, 2.45) is 0 Å². The van der Waals surface area contributed by atoms with Crippen molar-refractivity contribution in [3.63, 3.8) is 0 Å². The summed E-state index contributed by atoms with van der Waals surface area (Å²) in [6.07, 6.45) is 4.61.